The average molecular weight is 492 g/mol. The molecule has 2 aromatic carbocycles. The number of nitrogens with zero attached hydrogens (tertiary/aromatic N) is 2. The lowest BCUT2D eigenvalue weighted by atomic mass is 9.95. The molecular weight excluding hydrogens is 469 g/mol. The molecule has 4 aromatic rings. The third-order valence-electron chi connectivity index (χ3n) is 6.72. The first-order chi connectivity index (χ1) is 16.6. The van der Waals surface area contributed by atoms with Crippen molar-refractivity contribution in [2.45, 2.75) is 38.3 Å². The van der Waals surface area contributed by atoms with Crippen LogP contribution >= 0.6 is 22.9 Å². The topological polar surface area (TPSA) is 37.3 Å². The zero-order chi connectivity index (χ0) is 23.2. The van der Waals surface area contributed by atoms with Gasteiger partial charge in [-0.25, -0.2) is 9.18 Å². The Labute approximate surface area is 206 Å². The zero-order valence-corrected chi connectivity index (χ0v) is 20.0. The highest BCUT2D eigenvalue weighted by molar-refractivity contribution is 7.15. The van der Waals surface area contributed by atoms with E-state index in [1.807, 2.05) is 22.3 Å². The summed E-state index contributed by atoms with van der Waals surface area (Å²) >= 11 is 7.88. The van der Waals surface area contributed by atoms with Crippen LogP contribution in [-0.2, 0) is 19.4 Å². The van der Waals surface area contributed by atoms with E-state index in [1.54, 1.807) is 36.4 Å². The Kier molecular flexibility index (Phi) is 5.42. The van der Waals surface area contributed by atoms with Gasteiger partial charge in [-0.05, 0) is 85.3 Å². The molecule has 0 fully saturated rings. The molecule has 4 nitrogen and oxygen atoms in total. The Hall–Kier alpha value is -3.09. The molecule has 34 heavy (non-hydrogen) atoms. The second-order valence-electron chi connectivity index (χ2n) is 8.82. The fourth-order valence-electron chi connectivity index (χ4n) is 5.11. The Bertz CT molecular complexity index is 1360. The molecule has 3 heterocycles. The molecule has 0 saturated heterocycles. The van der Waals surface area contributed by atoms with E-state index in [-0.39, 0.29) is 17.9 Å². The highest BCUT2D eigenvalue weighted by Crippen LogP contribution is 2.44. The first-order valence-corrected chi connectivity index (χ1v) is 12.7. The maximum atomic E-state index is 13.8. The summed E-state index contributed by atoms with van der Waals surface area (Å²) in [5.74, 6) is -0.293. The summed E-state index contributed by atoms with van der Waals surface area (Å²) in [7, 11) is 0. The third-order valence-corrected chi connectivity index (χ3v) is 8.31. The third kappa shape index (κ3) is 3.71. The van der Waals surface area contributed by atoms with Crippen molar-refractivity contribution in [1.29, 1.82) is 0 Å². The van der Waals surface area contributed by atoms with E-state index in [0.29, 0.717) is 17.3 Å². The van der Waals surface area contributed by atoms with E-state index in [1.165, 1.54) is 46.0 Å². The Balaban J connectivity index is 1.49. The van der Waals surface area contributed by atoms with E-state index in [2.05, 4.69) is 22.1 Å². The minimum atomic E-state index is -0.359. The maximum absolute atomic E-state index is 13.8. The van der Waals surface area contributed by atoms with Crippen LogP contribution in [-0.4, -0.2) is 15.5 Å². The number of hydrogen-bond acceptors (Lipinski definition) is 2. The highest BCUT2D eigenvalue weighted by atomic mass is 35.5. The standard InChI is InChI=1S/C27H23ClFN3OS/c28-18-9-13-20(14-10-18)30-27(33)32-16-22-21-4-1-2-6-24(21)34-26(22)31-15-3-5-23(31)25(32)17-7-11-19(29)12-8-17/h3,5,7-15,25H,1-2,4,6,16H2,(H,30,33)/t25-/m0/s1. The van der Waals surface area contributed by atoms with E-state index in [9.17, 15) is 9.18 Å². The number of benzene rings is 2. The van der Waals surface area contributed by atoms with E-state index in [4.69, 9.17) is 11.6 Å². The van der Waals surface area contributed by atoms with E-state index in [0.717, 1.165) is 24.1 Å². The minimum absolute atomic E-state index is 0.201. The van der Waals surface area contributed by atoms with Gasteiger partial charge in [-0.1, -0.05) is 23.7 Å². The lowest BCUT2D eigenvalue weighted by Gasteiger charge is -2.31. The largest absolute Gasteiger partial charge is 0.322 e. The van der Waals surface area contributed by atoms with Gasteiger partial charge in [0.25, 0.3) is 0 Å². The Morgan fingerprint density at radius 1 is 1.00 bits per heavy atom. The number of thiophene rings is 1. The molecule has 1 aliphatic carbocycles. The maximum Gasteiger partial charge on any atom is 0.322 e. The Morgan fingerprint density at radius 2 is 1.76 bits per heavy atom. The van der Waals surface area contributed by atoms with Crippen molar-refractivity contribution in [1.82, 2.24) is 9.47 Å². The van der Waals surface area contributed by atoms with Crippen LogP contribution in [0.1, 0.15) is 46.1 Å². The normalized spacial score (nSPS) is 16.9. The Morgan fingerprint density at radius 3 is 2.56 bits per heavy atom. The molecule has 0 radical (unpaired) electrons. The van der Waals surface area contributed by atoms with Gasteiger partial charge in [0, 0.05) is 27.3 Å². The predicted molar refractivity (Wildman–Crippen MR) is 135 cm³/mol. The molecule has 0 bridgehead atoms. The average Bonchev–Trinajstić information content (AvgIpc) is 3.43. The van der Waals surface area contributed by atoms with Crippen molar-refractivity contribution in [3.63, 3.8) is 0 Å². The van der Waals surface area contributed by atoms with Crippen LogP contribution in [0.2, 0.25) is 5.02 Å². The molecule has 7 heteroatoms. The summed E-state index contributed by atoms with van der Waals surface area (Å²) in [5.41, 5.74) is 5.18. The summed E-state index contributed by atoms with van der Waals surface area (Å²) in [5, 5.41) is 4.86. The lowest BCUT2D eigenvalue weighted by Crippen LogP contribution is -2.38. The quantitative estimate of drug-likeness (QED) is 0.313. The van der Waals surface area contributed by atoms with E-state index >= 15 is 0 Å². The van der Waals surface area contributed by atoms with Gasteiger partial charge < -0.3 is 14.8 Å². The molecule has 1 atom stereocenters. The van der Waals surface area contributed by atoms with Gasteiger partial charge in [-0.2, -0.15) is 0 Å². The molecule has 2 aliphatic rings. The summed E-state index contributed by atoms with van der Waals surface area (Å²) in [6.45, 7) is 0.490. The van der Waals surface area contributed by atoms with Crippen LogP contribution in [0.3, 0.4) is 0 Å². The van der Waals surface area contributed by atoms with Crippen molar-refractivity contribution < 1.29 is 9.18 Å². The van der Waals surface area contributed by atoms with Gasteiger partial charge in [0.2, 0.25) is 0 Å². The first kappa shape index (κ1) is 21.4. The number of aromatic nitrogens is 1. The van der Waals surface area contributed by atoms with Crippen LogP contribution in [0.25, 0.3) is 5.00 Å². The number of amides is 2. The van der Waals surface area contributed by atoms with Gasteiger partial charge in [0.1, 0.15) is 10.8 Å². The van der Waals surface area contributed by atoms with Crippen molar-refractivity contribution >= 4 is 34.7 Å². The highest BCUT2D eigenvalue weighted by Gasteiger charge is 2.36. The van der Waals surface area contributed by atoms with Crippen LogP contribution in [0.4, 0.5) is 14.9 Å². The summed E-state index contributed by atoms with van der Waals surface area (Å²) in [6.07, 6.45) is 6.61. The van der Waals surface area contributed by atoms with Crippen molar-refractivity contribution in [2.75, 3.05) is 5.32 Å². The fourth-order valence-corrected chi connectivity index (χ4v) is 6.64. The molecule has 1 aliphatic heterocycles. The second kappa shape index (κ2) is 8.60. The number of carbonyl (C=O) groups excluding carboxylic acids is 1. The van der Waals surface area contributed by atoms with Crippen LogP contribution in [0, 0.1) is 5.82 Å². The summed E-state index contributed by atoms with van der Waals surface area (Å²) < 4.78 is 16.0. The predicted octanol–water partition coefficient (Wildman–Crippen LogP) is 7.35. The van der Waals surface area contributed by atoms with Gasteiger partial charge in [-0.3, -0.25) is 0 Å². The van der Waals surface area contributed by atoms with Gasteiger partial charge in [0.05, 0.1) is 18.3 Å². The molecule has 6 rings (SSSR count). The van der Waals surface area contributed by atoms with Crippen LogP contribution < -0.4 is 5.32 Å². The molecule has 2 aromatic heterocycles. The van der Waals surface area contributed by atoms with E-state index < -0.39 is 0 Å². The number of rotatable bonds is 2. The first-order valence-electron chi connectivity index (χ1n) is 11.5. The van der Waals surface area contributed by atoms with Gasteiger partial charge in [-0.15, -0.1) is 11.3 Å². The summed E-state index contributed by atoms with van der Waals surface area (Å²) in [6, 6.07) is 17.1. The van der Waals surface area contributed by atoms with Crippen molar-refractivity contribution in [2.24, 2.45) is 0 Å². The number of aryl methyl sites for hydroxylation is 1. The SMILES string of the molecule is O=C(Nc1ccc(Cl)cc1)N1Cc2c(sc3c2CCCC3)-n2cccc2[C@@H]1c1ccc(F)cc1. The number of urea groups is 1. The second-order valence-corrected chi connectivity index (χ2v) is 10.3. The number of nitrogens with one attached hydrogen (secondary N) is 1. The van der Waals surface area contributed by atoms with Crippen molar-refractivity contribution in [3.05, 3.63) is 105 Å². The van der Waals surface area contributed by atoms with Gasteiger partial charge in [0.15, 0.2) is 0 Å². The molecule has 172 valence electrons. The molecule has 1 N–H and O–H groups in total. The number of fused-ring (bicyclic) bond motifs is 5. The molecule has 0 spiro atoms. The number of anilines is 1. The monoisotopic (exact) mass is 491 g/mol. The van der Waals surface area contributed by atoms with Gasteiger partial charge >= 0.3 is 6.03 Å². The molecular formula is C27H23ClFN3OS. The molecule has 0 saturated carbocycles. The fraction of sp³-hybridized carbons (Fsp3) is 0.222. The minimum Gasteiger partial charge on any atom is -0.310 e. The van der Waals surface area contributed by atoms with Crippen LogP contribution in [0.5, 0.6) is 0 Å². The smallest absolute Gasteiger partial charge is 0.310 e. The molecule has 0 unspecified atom stereocenters. The van der Waals surface area contributed by atoms with Crippen molar-refractivity contribution in [3.8, 4) is 5.00 Å². The number of halogens is 2. The number of carbonyl (C=O) groups is 1. The lowest BCUT2D eigenvalue weighted by molar-refractivity contribution is 0.194. The summed E-state index contributed by atoms with van der Waals surface area (Å²) in [4.78, 5) is 17.1. The van der Waals surface area contributed by atoms with Crippen LogP contribution in [0.15, 0.2) is 66.9 Å². The molecule has 2 amide bonds. The zero-order valence-electron chi connectivity index (χ0n) is 18.4. The number of hydrogen-bond donors (Lipinski definition) is 1.